The molecule has 0 fully saturated rings. The Morgan fingerprint density at radius 2 is 2.04 bits per heavy atom. The van der Waals surface area contributed by atoms with Crippen LogP contribution in [0.5, 0.6) is 5.75 Å². The van der Waals surface area contributed by atoms with Gasteiger partial charge in [-0.25, -0.2) is 0 Å². The molecule has 8 heteroatoms. The summed E-state index contributed by atoms with van der Waals surface area (Å²) < 4.78 is 10.8. The highest BCUT2D eigenvalue weighted by molar-refractivity contribution is 6.30. The molecule has 0 radical (unpaired) electrons. The lowest BCUT2D eigenvalue weighted by Gasteiger charge is -2.22. The first kappa shape index (κ1) is 19.7. The summed E-state index contributed by atoms with van der Waals surface area (Å²) in [5.41, 5.74) is 0. The topological polar surface area (TPSA) is 79.1 Å². The number of nitrogens with zero attached hydrogens (tertiary/aromatic N) is 2. The molecule has 0 atom stereocenters. The van der Waals surface area contributed by atoms with Crippen LogP contribution in [0.2, 0.25) is 5.02 Å². The summed E-state index contributed by atoms with van der Waals surface area (Å²) in [6.45, 7) is 1.56. The van der Waals surface area contributed by atoms with Gasteiger partial charge in [0.1, 0.15) is 18.1 Å². The van der Waals surface area contributed by atoms with Crippen LogP contribution in [0.25, 0.3) is 0 Å². The van der Waals surface area contributed by atoms with Crippen molar-refractivity contribution in [3.63, 3.8) is 0 Å². The molecule has 140 valence electrons. The van der Waals surface area contributed by atoms with Crippen LogP contribution in [-0.4, -0.2) is 50.6 Å². The second kappa shape index (κ2) is 10.4. The van der Waals surface area contributed by atoms with E-state index < -0.39 is 0 Å². The molecule has 0 saturated carbocycles. The quantitative estimate of drug-likeness (QED) is 0.543. The van der Waals surface area contributed by atoms with Crippen LogP contribution in [0.3, 0.4) is 0 Å². The zero-order valence-corrected chi connectivity index (χ0v) is 15.6. The van der Waals surface area contributed by atoms with Crippen molar-refractivity contribution in [1.82, 2.24) is 15.5 Å². The van der Waals surface area contributed by atoms with Crippen LogP contribution in [0.4, 0.5) is 0 Å². The van der Waals surface area contributed by atoms with Gasteiger partial charge in [-0.05, 0) is 36.4 Å². The predicted molar refractivity (Wildman–Crippen MR) is 101 cm³/mol. The lowest BCUT2D eigenvalue weighted by molar-refractivity contribution is -0.120. The fourth-order valence-electron chi connectivity index (χ4n) is 2.14. The monoisotopic (exact) mass is 378 g/mol. The van der Waals surface area contributed by atoms with Crippen molar-refractivity contribution >= 4 is 23.5 Å². The molecule has 0 aliphatic rings. The number of guanidine groups is 1. The number of rotatable bonds is 8. The SMILES string of the molecule is CN=C(NCC(=O)NCc1ccco1)N(C)CCOc1ccc(Cl)cc1. The molecule has 1 amide bonds. The first-order valence-corrected chi connectivity index (χ1v) is 8.55. The number of likely N-dealkylation sites (N-methyl/N-ethyl adjacent to an activating group) is 1. The first-order valence-electron chi connectivity index (χ1n) is 8.17. The lowest BCUT2D eigenvalue weighted by atomic mass is 10.3. The number of halogens is 1. The predicted octanol–water partition coefficient (Wildman–Crippen LogP) is 2.14. The van der Waals surface area contributed by atoms with Gasteiger partial charge in [0.05, 0.1) is 25.9 Å². The van der Waals surface area contributed by atoms with Crippen molar-refractivity contribution in [2.24, 2.45) is 4.99 Å². The number of furan rings is 1. The molecule has 0 aliphatic carbocycles. The highest BCUT2D eigenvalue weighted by Gasteiger charge is 2.09. The van der Waals surface area contributed by atoms with Crippen LogP contribution in [-0.2, 0) is 11.3 Å². The highest BCUT2D eigenvalue weighted by atomic mass is 35.5. The van der Waals surface area contributed by atoms with E-state index in [1.165, 1.54) is 0 Å². The van der Waals surface area contributed by atoms with Crippen LogP contribution < -0.4 is 15.4 Å². The van der Waals surface area contributed by atoms with Gasteiger partial charge in [-0.1, -0.05) is 11.6 Å². The maximum absolute atomic E-state index is 11.9. The third kappa shape index (κ3) is 6.68. The van der Waals surface area contributed by atoms with Crippen molar-refractivity contribution in [3.05, 3.63) is 53.4 Å². The van der Waals surface area contributed by atoms with Crippen molar-refractivity contribution in [1.29, 1.82) is 0 Å². The smallest absolute Gasteiger partial charge is 0.239 e. The van der Waals surface area contributed by atoms with Gasteiger partial charge in [0.25, 0.3) is 0 Å². The summed E-state index contributed by atoms with van der Waals surface area (Å²) in [7, 11) is 3.54. The fourth-order valence-corrected chi connectivity index (χ4v) is 2.27. The molecule has 2 rings (SSSR count). The summed E-state index contributed by atoms with van der Waals surface area (Å²) in [5.74, 6) is 1.92. The highest BCUT2D eigenvalue weighted by Crippen LogP contribution is 2.15. The zero-order valence-electron chi connectivity index (χ0n) is 14.9. The van der Waals surface area contributed by atoms with Gasteiger partial charge in [0.15, 0.2) is 5.96 Å². The molecule has 0 spiro atoms. The molecule has 0 unspecified atom stereocenters. The number of benzene rings is 1. The van der Waals surface area contributed by atoms with Gasteiger partial charge in [0, 0.05) is 19.1 Å². The van der Waals surface area contributed by atoms with E-state index in [1.807, 2.05) is 24.1 Å². The molecule has 26 heavy (non-hydrogen) atoms. The molecule has 7 nitrogen and oxygen atoms in total. The van der Waals surface area contributed by atoms with E-state index in [9.17, 15) is 4.79 Å². The van der Waals surface area contributed by atoms with E-state index in [1.54, 1.807) is 37.6 Å². The summed E-state index contributed by atoms with van der Waals surface area (Å²) in [6, 6.07) is 10.8. The molecular formula is C18H23ClN4O3. The number of carbonyl (C=O) groups is 1. The number of hydrogen-bond acceptors (Lipinski definition) is 4. The Morgan fingerprint density at radius 3 is 2.69 bits per heavy atom. The molecular weight excluding hydrogens is 356 g/mol. The number of nitrogens with one attached hydrogen (secondary N) is 2. The number of hydrogen-bond donors (Lipinski definition) is 2. The molecule has 2 aromatic rings. The summed E-state index contributed by atoms with van der Waals surface area (Å²) in [6.07, 6.45) is 1.57. The minimum absolute atomic E-state index is 0.121. The van der Waals surface area contributed by atoms with E-state index in [0.717, 1.165) is 5.75 Å². The van der Waals surface area contributed by atoms with Gasteiger partial charge >= 0.3 is 0 Å². The Morgan fingerprint density at radius 1 is 1.27 bits per heavy atom. The third-order valence-corrected chi connectivity index (χ3v) is 3.78. The molecule has 0 bridgehead atoms. The molecule has 1 aromatic heterocycles. The number of amides is 1. The summed E-state index contributed by atoms with van der Waals surface area (Å²) in [5, 5.41) is 6.45. The van der Waals surface area contributed by atoms with E-state index >= 15 is 0 Å². The van der Waals surface area contributed by atoms with Crippen LogP contribution in [0, 0.1) is 0 Å². The Kier molecular flexibility index (Phi) is 7.82. The van der Waals surface area contributed by atoms with Gasteiger partial charge < -0.3 is 24.7 Å². The molecule has 0 aliphatic heterocycles. The van der Waals surface area contributed by atoms with Crippen LogP contribution in [0.15, 0.2) is 52.1 Å². The number of aliphatic imine (C=N–C) groups is 1. The van der Waals surface area contributed by atoms with E-state index in [-0.39, 0.29) is 12.5 Å². The van der Waals surface area contributed by atoms with Gasteiger partial charge in [-0.3, -0.25) is 9.79 Å². The molecule has 2 N–H and O–H groups in total. The second-order valence-electron chi connectivity index (χ2n) is 5.48. The van der Waals surface area contributed by atoms with E-state index in [4.69, 9.17) is 20.8 Å². The van der Waals surface area contributed by atoms with Crippen molar-refractivity contribution in [3.8, 4) is 5.75 Å². The minimum atomic E-state index is -0.145. The van der Waals surface area contributed by atoms with E-state index in [2.05, 4.69) is 15.6 Å². The first-order chi connectivity index (χ1) is 12.6. The van der Waals surface area contributed by atoms with Gasteiger partial charge in [0.2, 0.25) is 5.91 Å². The Labute approximate surface area is 158 Å². The minimum Gasteiger partial charge on any atom is -0.492 e. The summed E-state index contributed by atoms with van der Waals surface area (Å²) in [4.78, 5) is 17.9. The van der Waals surface area contributed by atoms with E-state index in [0.29, 0.717) is 36.4 Å². The largest absolute Gasteiger partial charge is 0.492 e. The zero-order chi connectivity index (χ0) is 18.8. The van der Waals surface area contributed by atoms with Crippen molar-refractivity contribution in [2.45, 2.75) is 6.54 Å². The lowest BCUT2D eigenvalue weighted by Crippen LogP contribution is -2.45. The Bertz CT molecular complexity index is 702. The van der Waals surface area contributed by atoms with Crippen molar-refractivity contribution < 1.29 is 13.9 Å². The third-order valence-electron chi connectivity index (χ3n) is 3.53. The number of carbonyl (C=O) groups excluding carboxylic acids is 1. The summed E-state index contributed by atoms with van der Waals surface area (Å²) >= 11 is 5.84. The molecule has 0 saturated heterocycles. The molecule has 1 aromatic carbocycles. The Hall–Kier alpha value is -2.67. The van der Waals surface area contributed by atoms with Gasteiger partial charge in [-0.2, -0.15) is 0 Å². The maximum atomic E-state index is 11.9. The normalized spacial score (nSPS) is 11.1. The Balaban J connectivity index is 1.67. The maximum Gasteiger partial charge on any atom is 0.239 e. The van der Waals surface area contributed by atoms with Crippen molar-refractivity contribution in [2.75, 3.05) is 33.8 Å². The van der Waals surface area contributed by atoms with Crippen LogP contribution >= 0.6 is 11.6 Å². The second-order valence-corrected chi connectivity index (χ2v) is 5.92. The van der Waals surface area contributed by atoms with Crippen LogP contribution in [0.1, 0.15) is 5.76 Å². The fraction of sp³-hybridized carbons (Fsp3) is 0.333. The molecule has 1 heterocycles. The average molecular weight is 379 g/mol. The standard InChI is InChI=1S/C18H23ClN4O3/c1-20-18(22-13-17(24)21-12-16-4-3-10-25-16)23(2)9-11-26-15-7-5-14(19)6-8-15/h3-8,10H,9,11-13H2,1-2H3,(H,20,22)(H,21,24). The van der Waals surface area contributed by atoms with Gasteiger partial charge in [-0.15, -0.1) is 0 Å². The number of ether oxygens (including phenoxy) is 1. The average Bonchev–Trinajstić information content (AvgIpc) is 3.16.